The van der Waals surface area contributed by atoms with E-state index in [9.17, 15) is 24.3 Å². The first-order valence-electron chi connectivity index (χ1n) is 13.3. The number of amides is 4. The monoisotopic (exact) mass is 552 g/mol. The molecule has 2 aliphatic heterocycles. The Morgan fingerprint density at radius 1 is 0.846 bits per heavy atom. The van der Waals surface area contributed by atoms with Gasteiger partial charge in [-0.15, -0.1) is 0 Å². The summed E-state index contributed by atoms with van der Waals surface area (Å²) < 4.78 is 17.1. The molecule has 3 N–H and O–H groups in total. The van der Waals surface area contributed by atoms with E-state index < -0.39 is 23.7 Å². The van der Waals surface area contributed by atoms with E-state index in [4.69, 9.17) is 14.2 Å². The summed E-state index contributed by atoms with van der Waals surface area (Å²) in [7, 11) is 1.52. The zero-order valence-corrected chi connectivity index (χ0v) is 23.7. The number of ether oxygens (including phenoxy) is 3. The number of aliphatic hydroxyl groups is 1. The van der Waals surface area contributed by atoms with Crippen LogP contribution in [0.1, 0.15) is 53.4 Å². The molecule has 0 saturated heterocycles. The zero-order valence-electron chi connectivity index (χ0n) is 23.7. The molecule has 12 nitrogen and oxygen atoms in total. The van der Waals surface area contributed by atoms with Gasteiger partial charge in [-0.1, -0.05) is 0 Å². The summed E-state index contributed by atoms with van der Waals surface area (Å²) in [5.41, 5.74) is -0.946. The highest BCUT2D eigenvalue weighted by Crippen LogP contribution is 2.17. The minimum atomic E-state index is -0.969. The van der Waals surface area contributed by atoms with E-state index in [1.54, 1.807) is 6.08 Å². The molecule has 2 heterocycles. The minimum absolute atomic E-state index is 0.110. The van der Waals surface area contributed by atoms with Gasteiger partial charge < -0.3 is 39.8 Å². The SMILES string of the molecule is COC1C=CC(=O)N1CCC(=O)NCCC(C)(C)OCCOC(C)(C)CCNC(=O)CCN1C(=O)C=CC1O. The van der Waals surface area contributed by atoms with Crippen LogP contribution in [0.4, 0.5) is 0 Å². The molecule has 12 heteroatoms. The third-order valence-corrected chi connectivity index (χ3v) is 6.58. The number of hydrogen-bond acceptors (Lipinski definition) is 8. The highest BCUT2D eigenvalue weighted by Gasteiger charge is 2.26. The van der Waals surface area contributed by atoms with E-state index in [0.717, 1.165) is 0 Å². The molecule has 0 aromatic rings. The molecule has 0 saturated carbocycles. The fourth-order valence-electron chi connectivity index (χ4n) is 4.08. The molecule has 2 rings (SSSR count). The molecule has 0 radical (unpaired) electrons. The summed E-state index contributed by atoms with van der Waals surface area (Å²) in [5, 5.41) is 15.4. The van der Waals surface area contributed by atoms with Gasteiger partial charge >= 0.3 is 0 Å². The van der Waals surface area contributed by atoms with Crippen LogP contribution in [0.15, 0.2) is 24.3 Å². The number of carbonyl (C=O) groups excluding carboxylic acids is 4. The van der Waals surface area contributed by atoms with E-state index >= 15 is 0 Å². The second-order valence-electron chi connectivity index (χ2n) is 10.7. The van der Waals surface area contributed by atoms with Crippen molar-refractivity contribution in [2.75, 3.05) is 46.5 Å². The third kappa shape index (κ3) is 11.5. The van der Waals surface area contributed by atoms with Gasteiger partial charge in [-0.05, 0) is 52.7 Å². The van der Waals surface area contributed by atoms with Crippen molar-refractivity contribution >= 4 is 23.6 Å². The molecule has 0 aliphatic carbocycles. The molecule has 220 valence electrons. The Kier molecular flexibility index (Phi) is 12.6. The summed E-state index contributed by atoms with van der Waals surface area (Å²) >= 11 is 0. The molecule has 0 fully saturated rings. The fourth-order valence-corrected chi connectivity index (χ4v) is 4.08. The standard InChI is InChI=1S/C27H44N4O8/c1-26(2,12-14-28-20(32)10-16-30-22(34)6-7-23(30)35)38-18-19-39-27(3,4)13-15-29-21(33)11-17-31-24(36)8-9-25(31)37-5/h6-9,22,25,34H,10-19H2,1-5H3,(H,28,32)(H,29,33). The van der Waals surface area contributed by atoms with Crippen molar-refractivity contribution in [2.45, 2.75) is 77.0 Å². The van der Waals surface area contributed by atoms with E-state index in [0.29, 0.717) is 39.1 Å². The van der Waals surface area contributed by atoms with Crippen LogP contribution in [0.3, 0.4) is 0 Å². The number of nitrogens with zero attached hydrogens (tertiary/aromatic N) is 2. The van der Waals surface area contributed by atoms with Crippen LogP contribution < -0.4 is 10.6 Å². The van der Waals surface area contributed by atoms with Crippen LogP contribution in [-0.4, -0.2) is 109 Å². The van der Waals surface area contributed by atoms with Crippen LogP contribution in [0.5, 0.6) is 0 Å². The Hall–Kier alpha value is -2.80. The Morgan fingerprint density at radius 2 is 1.31 bits per heavy atom. The van der Waals surface area contributed by atoms with Gasteiger partial charge in [0.15, 0.2) is 6.23 Å². The van der Waals surface area contributed by atoms with Gasteiger partial charge in [-0.3, -0.25) is 19.2 Å². The molecule has 2 atom stereocenters. The Balaban J connectivity index is 1.53. The number of aliphatic hydroxyl groups excluding tert-OH is 1. The fraction of sp³-hybridized carbons (Fsp3) is 0.704. The molecule has 0 aromatic carbocycles. The summed E-state index contributed by atoms with van der Waals surface area (Å²) in [6.45, 7) is 9.81. The molecule has 2 unspecified atom stereocenters. The molecule has 2 aliphatic rings. The smallest absolute Gasteiger partial charge is 0.248 e. The summed E-state index contributed by atoms with van der Waals surface area (Å²) in [6.07, 6.45) is 5.90. The van der Waals surface area contributed by atoms with Gasteiger partial charge in [0.25, 0.3) is 0 Å². The van der Waals surface area contributed by atoms with Crippen LogP contribution in [0.25, 0.3) is 0 Å². The largest absolute Gasteiger partial charge is 0.373 e. The Labute approximate surface area is 230 Å². The summed E-state index contributed by atoms with van der Waals surface area (Å²) in [4.78, 5) is 50.4. The quantitative estimate of drug-likeness (QED) is 0.208. The average Bonchev–Trinajstić information content (AvgIpc) is 3.39. The first-order valence-corrected chi connectivity index (χ1v) is 13.3. The van der Waals surface area contributed by atoms with Gasteiger partial charge in [0.2, 0.25) is 23.6 Å². The highest BCUT2D eigenvalue weighted by molar-refractivity contribution is 5.91. The van der Waals surface area contributed by atoms with E-state index in [-0.39, 0.29) is 49.6 Å². The van der Waals surface area contributed by atoms with Crippen LogP contribution in [0, 0.1) is 0 Å². The second-order valence-corrected chi connectivity index (χ2v) is 10.7. The number of nitrogens with one attached hydrogen (secondary N) is 2. The van der Waals surface area contributed by atoms with E-state index in [1.165, 1.54) is 35.1 Å². The minimum Gasteiger partial charge on any atom is -0.373 e. The van der Waals surface area contributed by atoms with E-state index in [1.807, 2.05) is 27.7 Å². The first kappa shape index (κ1) is 32.4. The number of carbonyl (C=O) groups is 4. The number of hydrogen-bond donors (Lipinski definition) is 3. The molecule has 0 bridgehead atoms. The Morgan fingerprint density at radius 3 is 1.77 bits per heavy atom. The molecule has 4 amide bonds. The van der Waals surface area contributed by atoms with E-state index in [2.05, 4.69) is 10.6 Å². The van der Waals surface area contributed by atoms with Gasteiger partial charge in [0, 0.05) is 58.3 Å². The normalized spacial score (nSPS) is 19.3. The third-order valence-electron chi connectivity index (χ3n) is 6.58. The maximum Gasteiger partial charge on any atom is 0.248 e. The highest BCUT2D eigenvalue weighted by atomic mass is 16.5. The number of methoxy groups -OCH3 is 1. The van der Waals surface area contributed by atoms with Crippen molar-refractivity contribution in [3.63, 3.8) is 0 Å². The van der Waals surface area contributed by atoms with Crippen LogP contribution >= 0.6 is 0 Å². The van der Waals surface area contributed by atoms with Gasteiger partial charge in [0.1, 0.15) is 6.23 Å². The zero-order chi connectivity index (χ0) is 29.1. The molecule has 0 aromatic heterocycles. The predicted molar refractivity (Wildman–Crippen MR) is 143 cm³/mol. The first-order chi connectivity index (χ1) is 18.3. The molecule has 39 heavy (non-hydrogen) atoms. The van der Waals surface area contributed by atoms with Crippen molar-refractivity contribution in [3.8, 4) is 0 Å². The topological polar surface area (TPSA) is 147 Å². The second kappa shape index (κ2) is 15.1. The predicted octanol–water partition coefficient (Wildman–Crippen LogP) is 0.457. The molecular formula is C27H44N4O8. The lowest BCUT2D eigenvalue weighted by Gasteiger charge is -2.29. The molecular weight excluding hydrogens is 508 g/mol. The van der Waals surface area contributed by atoms with Crippen molar-refractivity contribution < 1.29 is 38.5 Å². The average molecular weight is 553 g/mol. The van der Waals surface area contributed by atoms with Crippen molar-refractivity contribution in [2.24, 2.45) is 0 Å². The van der Waals surface area contributed by atoms with Crippen LogP contribution in [0.2, 0.25) is 0 Å². The summed E-state index contributed by atoms with van der Waals surface area (Å²) in [6, 6.07) is 0. The maximum absolute atomic E-state index is 12.2. The van der Waals surface area contributed by atoms with Gasteiger partial charge in [-0.2, -0.15) is 0 Å². The molecule has 0 spiro atoms. The van der Waals surface area contributed by atoms with Crippen molar-refractivity contribution in [1.82, 2.24) is 20.4 Å². The van der Waals surface area contributed by atoms with Crippen molar-refractivity contribution in [3.05, 3.63) is 24.3 Å². The maximum atomic E-state index is 12.2. The van der Waals surface area contributed by atoms with Crippen LogP contribution in [-0.2, 0) is 33.4 Å². The lowest BCUT2D eigenvalue weighted by atomic mass is 10.0. The van der Waals surface area contributed by atoms with Crippen molar-refractivity contribution in [1.29, 1.82) is 0 Å². The number of rotatable bonds is 18. The van der Waals surface area contributed by atoms with Gasteiger partial charge in [-0.25, -0.2) is 0 Å². The summed E-state index contributed by atoms with van der Waals surface area (Å²) in [5.74, 6) is -0.802. The lowest BCUT2D eigenvalue weighted by molar-refractivity contribution is -0.134. The van der Waals surface area contributed by atoms with Gasteiger partial charge in [0.05, 0.1) is 24.4 Å². The lowest BCUT2D eigenvalue weighted by Crippen LogP contribution is -2.39. The Bertz CT molecular complexity index is 917.